The van der Waals surface area contributed by atoms with Gasteiger partial charge in [-0.15, -0.1) is 0 Å². The zero-order valence-electron chi connectivity index (χ0n) is 52.9. The lowest BCUT2D eigenvalue weighted by Gasteiger charge is -2.20. The van der Waals surface area contributed by atoms with Gasteiger partial charge in [-0.05, 0) is 57.8 Å². The van der Waals surface area contributed by atoms with E-state index in [-0.39, 0.29) is 18.5 Å². The third-order valence-electron chi connectivity index (χ3n) is 16.7. The van der Waals surface area contributed by atoms with Crippen LogP contribution in [0.2, 0.25) is 0 Å². The SMILES string of the molecule is CCCCCCCCCCCCC/C=C/C(O)C(CO)NC(=O)CCCCCCCCCCCCCCCC/C=C\CCCCCCCCCCCCCCOC(=O)CCCCCCCCCCCCCCCCCCCC. The fraction of sp³-hybridized carbons (Fsp3) is 0.917. The first-order valence-electron chi connectivity index (χ1n) is 35.6. The first-order chi connectivity index (χ1) is 38.5. The highest BCUT2D eigenvalue weighted by molar-refractivity contribution is 5.76. The highest BCUT2D eigenvalue weighted by Crippen LogP contribution is 2.19. The minimum atomic E-state index is -0.842. The Balaban J connectivity index is 3.35. The van der Waals surface area contributed by atoms with Crippen molar-refractivity contribution in [2.45, 2.75) is 411 Å². The molecular weight excluding hydrogens is 959 g/mol. The first kappa shape index (κ1) is 76.3. The summed E-state index contributed by atoms with van der Waals surface area (Å²) in [6, 6.07) is -0.626. The molecule has 0 heterocycles. The number of aliphatic hydroxyl groups excluding tert-OH is 2. The van der Waals surface area contributed by atoms with Gasteiger partial charge in [0.2, 0.25) is 5.91 Å². The monoisotopic (exact) mass is 1100 g/mol. The van der Waals surface area contributed by atoms with E-state index in [1.54, 1.807) is 6.08 Å². The minimum Gasteiger partial charge on any atom is -0.466 e. The summed E-state index contributed by atoms with van der Waals surface area (Å²) in [5.74, 6) is -0.0430. The molecule has 0 radical (unpaired) electrons. The number of allylic oxidation sites excluding steroid dienone is 3. The maximum Gasteiger partial charge on any atom is 0.305 e. The summed E-state index contributed by atoms with van der Waals surface area (Å²) in [5.41, 5.74) is 0. The van der Waals surface area contributed by atoms with E-state index in [1.807, 2.05) is 6.08 Å². The van der Waals surface area contributed by atoms with Crippen molar-refractivity contribution in [3.8, 4) is 0 Å². The molecule has 0 aliphatic heterocycles. The van der Waals surface area contributed by atoms with Crippen molar-refractivity contribution in [1.82, 2.24) is 5.32 Å². The van der Waals surface area contributed by atoms with Gasteiger partial charge in [-0.1, -0.05) is 353 Å². The second-order valence-electron chi connectivity index (χ2n) is 24.6. The van der Waals surface area contributed by atoms with E-state index in [0.717, 1.165) is 38.5 Å². The van der Waals surface area contributed by atoms with E-state index in [0.29, 0.717) is 19.4 Å². The number of carbonyl (C=O) groups excluding carboxylic acids is 2. The molecule has 6 nitrogen and oxygen atoms in total. The number of esters is 1. The van der Waals surface area contributed by atoms with Crippen LogP contribution in [-0.4, -0.2) is 47.4 Å². The van der Waals surface area contributed by atoms with Crippen LogP contribution in [-0.2, 0) is 14.3 Å². The van der Waals surface area contributed by atoms with Crippen LogP contribution in [0.25, 0.3) is 0 Å². The van der Waals surface area contributed by atoms with Crippen molar-refractivity contribution in [2.24, 2.45) is 0 Å². The Hall–Kier alpha value is -1.66. The zero-order chi connectivity index (χ0) is 56.4. The number of hydrogen-bond acceptors (Lipinski definition) is 5. The van der Waals surface area contributed by atoms with E-state index >= 15 is 0 Å². The van der Waals surface area contributed by atoms with Gasteiger partial charge >= 0.3 is 5.97 Å². The summed E-state index contributed by atoms with van der Waals surface area (Å²) >= 11 is 0. The lowest BCUT2D eigenvalue weighted by atomic mass is 10.0. The second kappa shape index (κ2) is 67.8. The van der Waals surface area contributed by atoms with Gasteiger partial charge in [0.25, 0.3) is 0 Å². The molecule has 462 valence electrons. The molecule has 0 rings (SSSR count). The average molecular weight is 1100 g/mol. The van der Waals surface area contributed by atoms with Crippen molar-refractivity contribution in [3.05, 3.63) is 24.3 Å². The smallest absolute Gasteiger partial charge is 0.305 e. The normalized spacial score (nSPS) is 12.6. The maximum absolute atomic E-state index is 12.5. The van der Waals surface area contributed by atoms with Crippen molar-refractivity contribution in [1.29, 1.82) is 0 Å². The molecule has 0 aromatic carbocycles. The Morgan fingerprint density at radius 1 is 0.346 bits per heavy atom. The summed E-state index contributed by atoms with van der Waals surface area (Å²) in [5, 5.41) is 23.1. The molecule has 0 aliphatic carbocycles. The highest BCUT2D eigenvalue weighted by Gasteiger charge is 2.18. The molecule has 0 saturated heterocycles. The molecule has 6 heteroatoms. The lowest BCUT2D eigenvalue weighted by Crippen LogP contribution is -2.45. The predicted octanol–water partition coefficient (Wildman–Crippen LogP) is 22.9. The van der Waals surface area contributed by atoms with Gasteiger partial charge in [-0.3, -0.25) is 9.59 Å². The van der Waals surface area contributed by atoms with Gasteiger partial charge in [0.15, 0.2) is 0 Å². The number of nitrogens with one attached hydrogen (secondary N) is 1. The molecular formula is C72H139NO5. The molecule has 78 heavy (non-hydrogen) atoms. The molecule has 1 amide bonds. The average Bonchev–Trinajstić information content (AvgIpc) is 3.44. The molecule has 2 unspecified atom stereocenters. The topological polar surface area (TPSA) is 95.9 Å². The molecule has 0 saturated carbocycles. The van der Waals surface area contributed by atoms with E-state index < -0.39 is 12.1 Å². The molecule has 0 spiro atoms. The third kappa shape index (κ3) is 63.5. The minimum absolute atomic E-state index is 0.0219. The quantitative estimate of drug-likeness (QED) is 0.0320. The number of carbonyl (C=O) groups is 2. The van der Waals surface area contributed by atoms with Gasteiger partial charge in [0, 0.05) is 12.8 Å². The Morgan fingerprint density at radius 3 is 0.910 bits per heavy atom. The van der Waals surface area contributed by atoms with Crippen LogP contribution in [0.4, 0.5) is 0 Å². The maximum atomic E-state index is 12.5. The van der Waals surface area contributed by atoms with Crippen LogP contribution in [0.3, 0.4) is 0 Å². The molecule has 0 bridgehead atoms. The predicted molar refractivity (Wildman–Crippen MR) is 343 cm³/mol. The summed E-state index contributed by atoms with van der Waals surface area (Å²) in [6.45, 7) is 4.94. The molecule has 0 aromatic heterocycles. The van der Waals surface area contributed by atoms with Crippen molar-refractivity contribution in [2.75, 3.05) is 13.2 Å². The molecule has 0 aliphatic rings. The van der Waals surface area contributed by atoms with Gasteiger partial charge in [0.05, 0.1) is 25.4 Å². The number of unbranched alkanes of at least 4 members (excludes halogenated alkanes) is 54. The van der Waals surface area contributed by atoms with Crippen molar-refractivity contribution >= 4 is 11.9 Å². The van der Waals surface area contributed by atoms with Gasteiger partial charge in [-0.25, -0.2) is 0 Å². The lowest BCUT2D eigenvalue weighted by molar-refractivity contribution is -0.143. The number of ether oxygens (including phenoxy) is 1. The summed E-state index contributed by atoms with van der Waals surface area (Å²) in [6.07, 6.45) is 85.5. The molecule has 0 aromatic rings. The fourth-order valence-corrected chi connectivity index (χ4v) is 11.3. The number of amides is 1. The Bertz CT molecular complexity index is 1220. The number of hydrogen-bond donors (Lipinski definition) is 3. The number of aliphatic hydroxyl groups is 2. The molecule has 0 fully saturated rings. The largest absolute Gasteiger partial charge is 0.466 e. The summed E-state index contributed by atoms with van der Waals surface area (Å²) in [7, 11) is 0. The first-order valence-corrected chi connectivity index (χ1v) is 35.6. The molecule has 2 atom stereocenters. The summed E-state index contributed by atoms with van der Waals surface area (Å²) < 4.78 is 5.51. The van der Waals surface area contributed by atoms with Gasteiger partial charge < -0.3 is 20.3 Å². The zero-order valence-corrected chi connectivity index (χ0v) is 52.9. The van der Waals surface area contributed by atoms with Gasteiger partial charge in [-0.2, -0.15) is 0 Å². The number of rotatable bonds is 67. The van der Waals surface area contributed by atoms with Crippen LogP contribution in [0.1, 0.15) is 399 Å². The Morgan fingerprint density at radius 2 is 0.603 bits per heavy atom. The van der Waals surface area contributed by atoms with Crippen LogP contribution in [0.5, 0.6) is 0 Å². The van der Waals surface area contributed by atoms with Crippen LogP contribution in [0.15, 0.2) is 24.3 Å². The van der Waals surface area contributed by atoms with Crippen molar-refractivity contribution < 1.29 is 24.5 Å². The second-order valence-corrected chi connectivity index (χ2v) is 24.6. The third-order valence-corrected chi connectivity index (χ3v) is 16.7. The van der Waals surface area contributed by atoms with Crippen LogP contribution >= 0.6 is 0 Å². The van der Waals surface area contributed by atoms with Crippen LogP contribution in [0, 0.1) is 0 Å². The Kier molecular flexibility index (Phi) is 66.4. The van der Waals surface area contributed by atoms with E-state index in [1.165, 1.54) is 334 Å². The van der Waals surface area contributed by atoms with Gasteiger partial charge in [0.1, 0.15) is 0 Å². The van der Waals surface area contributed by atoms with Crippen molar-refractivity contribution in [3.63, 3.8) is 0 Å². The van der Waals surface area contributed by atoms with E-state index in [4.69, 9.17) is 4.74 Å². The van der Waals surface area contributed by atoms with Crippen LogP contribution < -0.4 is 5.32 Å². The summed E-state index contributed by atoms with van der Waals surface area (Å²) in [4.78, 5) is 24.6. The Labute approximate surface area is 488 Å². The van der Waals surface area contributed by atoms with E-state index in [9.17, 15) is 19.8 Å². The van der Waals surface area contributed by atoms with E-state index in [2.05, 4.69) is 31.3 Å². The highest BCUT2D eigenvalue weighted by atomic mass is 16.5. The standard InChI is InChI=1S/C72H139NO5/c1-3-5-7-9-11-13-15-17-18-19-35-38-42-46-50-54-58-62-66-72(77)78-67-63-59-55-51-47-43-39-36-33-31-29-27-25-23-21-20-22-24-26-28-30-32-34-37-41-45-49-53-57-61-65-71(76)73-69(68-74)70(75)64-60-56-52-48-44-40-16-14-12-10-8-6-4-2/h21,23,60,64,69-70,74-75H,3-20,22,24-59,61-63,65-68H2,1-2H3,(H,73,76)/b23-21-,64-60+. The molecule has 3 N–H and O–H groups in total. The fourth-order valence-electron chi connectivity index (χ4n) is 11.3.